The lowest BCUT2D eigenvalue weighted by Gasteiger charge is -2.11. The fourth-order valence-corrected chi connectivity index (χ4v) is 3.25. The van der Waals surface area contributed by atoms with Gasteiger partial charge in [-0.25, -0.2) is 18.9 Å². The number of aromatic nitrogens is 4. The maximum atomic E-state index is 13.5. The molecule has 0 bridgehead atoms. The molecule has 1 N–H and O–H groups in total. The summed E-state index contributed by atoms with van der Waals surface area (Å²) in [6.45, 7) is 1.39. The summed E-state index contributed by atoms with van der Waals surface area (Å²) in [5, 5.41) is 7.52. The first kappa shape index (κ1) is 21.7. The molecular formula is C22H20F4N6. The van der Waals surface area contributed by atoms with Crippen LogP contribution in [0.3, 0.4) is 0 Å². The molecule has 10 heteroatoms. The van der Waals surface area contributed by atoms with Crippen molar-refractivity contribution in [3.8, 4) is 22.5 Å². The van der Waals surface area contributed by atoms with Crippen molar-refractivity contribution in [3.05, 3.63) is 66.2 Å². The van der Waals surface area contributed by atoms with Crippen LogP contribution in [0.1, 0.15) is 5.56 Å². The highest BCUT2D eigenvalue weighted by Gasteiger charge is 2.31. The Morgan fingerprint density at radius 1 is 1.03 bits per heavy atom. The second kappa shape index (κ2) is 8.54. The molecule has 0 aliphatic heterocycles. The Morgan fingerprint density at radius 3 is 2.47 bits per heavy atom. The van der Waals surface area contributed by atoms with E-state index < -0.39 is 17.6 Å². The van der Waals surface area contributed by atoms with Crippen molar-refractivity contribution in [3.63, 3.8) is 0 Å². The number of likely N-dealkylation sites (N-methyl/N-ethyl adjacent to an activating group) is 1. The van der Waals surface area contributed by atoms with E-state index in [1.165, 1.54) is 34.8 Å². The van der Waals surface area contributed by atoms with Crippen LogP contribution in [0.2, 0.25) is 0 Å². The van der Waals surface area contributed by atoms with Crippen molar-refractivity contribution in [2.24, 2.45) is 0 Å². The van der Waals surface area contributed by atoms with E-state index in [2.05, 4.69) is 20.4 Å². The standard InChI is InChI=1S/C22H20F4N6/c1-31(2)12-11-28-21-27-10-9-17(29-21)19-18-8-5-15(22(24,25)26)13-32(18)30-20(19)14-3-6-16(23)7-4-14/h3-10,13H,11-12H2,1-2H3,(H,27,28,29). The van der Waals surface area contributed by atoms with Gasteiger partial charge < -0.3 is 10.2 Å². The summed E-state index contributed by atoms with van der Waals surface area (Å²) in [7, 11) is 3.89. The van der Waals surface area contributed by atoms with Crippen molar-refractivity contribution in [2.45, 2.75) is 6.18 Å². The molecule has 0 saturated carbocycles. The summed E-state index contributed by atoms with van der Waals surface area (Å²) >= 11 is 0. The Labute approximate surface area is 181 Å². The summed E-state index contributed by atoms with van der Waals surface area (Å²) in [6, 6.07) is 9.65. The van der Waals surface area contributed by atoms with Gasteiger partial charge in [0.1, 0.15) is 11.5 Å². The number of pyridine rings is 1. The first-order valence-corrected chi connectivity index (χ1v) is 9.80. The highest BCUT2D eigenvalue weighted by atomic mass is 19.4. The van der Waals surface area contributed by atoms with Gasteiger partial charge >= 0.3 is 6.18 Å². The summed E-state index contributed by atoms with van der Waals surface area (Å²) in [6.07, 6.45) is -2.00. The van der Waals surface area contributed by atoms with Gasteiger partial charge in [0.15, 0.2) is 0 Å². The molecule has 4 aromatic rings. The molecule has 0 radical (unpaired) electrons. The number of fused-ring (bicyclic) bond motifs is 1. The lowest BCUT2D eigenvalue weighted by molar-refractivity contribution is -0.137. The topological polar surface area (TPSA) is 58.3 Å². The van der Waals surface area contributed by atoms with E-state index in [1.54, 1.807) is 12.3 Å². The zero-order valence-corrected chi connectivity index (χ0v) is 17.4. The van der Waals surface area contributed by atoms with E-state index in [1.807, 2.05) is 19.0 Å². The third-order valence-corrected chi connectivity index (χ3v) is 4.83. The van der Waals surface area contributed by atoms with Crippen molar-refractivity contribution in [2.75, 3.05) is 32.5 Å². The first-order chi connectivity index (χ1) is 15.2. The Hall–Kier alpha value is -3.53. The quantitative estimate of drug-likeness (QED) is 0.441. The first-order valence-electron chi connectivity index (χ1n) is 9.80. The molecule has 0 saturated heterocycles. The summed E-state index contributed by atoms with van der Waals surface area (Å²) in [4.78, 5) is 10.8. The van der Waals surface area contributed by atoms with E-state index >= 15 is 0 Å². The van der Waals surface area contributed by atoms with E-state index in [-0.39, 0.29) is 0 Å². The van der Waals surface area contributed by atoms with Crippen molar-refractivity contribution in [1.82, 2.24) is 24.5 Å². The maximum absolute atomic E-state index is 13.5. The van der Waals surface area contributed by atoms with Crippen LogP contribution in [0.25, 0.3) is 28.0 Å². The van der Waals surface area contributed by atoms with Crippen LogP contribution >= 0.6 is 0 Å². The predicted octanol–water partition coefficient (Wildman–Crippen LogP) is 4.59. The summed E-state index contributed by atoms with van der Waals surface area (Å²) in [5.41, 5.74) is 1.58. The van der Waals surface area contributed by atoms with E-state index in [0.29, 0.717) is 40.5 Å². The summed E-state index contributed by atoms with van der Waals surface area (Å²) in [5.74, 6) is -0.0338. The number of alkyl halides is 3. The molecule has 32 heavy (non-hydrogen) atoms. The molecular weight excluding hydrogens is 424 g/mol. The van der Waals surface area contributed by atoms with Gasteiger partial charge in [0.25, 0.3) is 0 Å². The van der Waals surface area contributed by atoms with Gasteiger partial charge in [-0.05, 0) is 56.6 Å². The van der Waals surface area contributed by atoms with Gasteiger partial charge in [0, 0.05) is 31.0 Å². The lowest BCUT2D eigenvalue weighted by Crippen LogP contribution is -2.21. The number of nitrogens with one attached hydrogen (secondary N) is 1. The zero-order valence-electron chi connectivity index (χ0n) is 17.4. The maximum Gasteiger partial charge on any atom is 0.417 e. The molecule has 166 valence electrons. The molecule has 0 atom stereocenters. The fraction of sp³-hybridized carbons (Fsp3) is 0.227. The Balaban J connectivity index is 1.85. The number of rotatable bonds is 6. The minimum absolute atomic E-state index is 0.390. The number of hydrogen-bond acceptors (Lipinski definition) is 5. The number of nitrogens with zero attached hydrogens (tertiary/aromatic N) is 5. The molecule has 6 nitrogen and oxygen atoms in total. The minimum atomic E-state index is -4.51. The van der Waals surface area contributed by atoms with Crippen molar-refractivity contribution >= 4 is 11.5 Å². The Bertz CT molecular complexity index is 1230. The second-order valence-corrected chi connectivity index (χ2v) is 7.47. The second-order valence-electron chi connectivity index (χ2n) is 7.47. The molecule has 4 rings (SSSR count). The molecule has 3 aromatic heterocycles. The van der Waals surface area contributed by atoms with Gasteiger partial charge in [0.05, 0.1) is 22.3 Å². The van der Waals surface area contributed by atoms with Crippen molar-refractivity contribution in [1.29, 1.82) is 0 Å². The Kier molecular flexibility index (Phi) is 5.79. The van der Waals surface area contributed by atoms with Crippen molar-refractivity contribution < 1.29 is 17.6 Å². The largest absolute Gasteiger partial charge is 0.417 e. The normalized spacial score (nSPS) is 12.0. The monoisotopic (exact) mass is 444 g/mol. The third kappa shape index (κ3) is 4.54. The van der Waals surface area contributed by atoms with Gasteiger partial charge in [-0.3, -0.25) is 0 Å². The average Bonchev–Trinajstić information content (AvgIpc) is 3.12. The van der Waals surface area contributed by atoms with E-state index in [0.717, 1.165) is 18.8 Å². The molecule has 0 aliphatic carbocycles. The third-order valence-electron chi connectivity index (χ3n) is 4.83. The van der Waals surface area contributed by atoms with Gasteiger partial charge in [-0.15, -0.1) is 0 Å². The number of halogens is 4. The van der Waals surface area contributed by atoms with Crippen LogP contribution in [0.5, 0.6) is 0 Å². The Morgan fingerprint density at radius 2 is 1.78 bits per heavy atom. The highest BCUT2D eigenvalue weighted by molar-refractivity contribution is 5.91. The molecule has 1 aromatic carbocycles. The molecule has 0 amide bonds. The zero-order chi connectivity index (χ0) is 22.9. The molecule has 0 aliphatic rings. The fourth-order valence-electron chi connectivity index (χ4n) is 3.25. The average molecular weight is 444 g/mol. The van der Waals surface area contributed by atoms with E-state index in [9.17, 15) is 17.6 Å². The van der Waals surface area contributed by atoms with Crippen LogP contribution in [0.15, 0.2) is 54.9 Å². The van der Waals surface area contributed by atoms with Gasteiger partial charge in [0.2, 0.25) is 5.95 Å². The summed E-state index contributed by atoms with van der Waals surface area (Å²) < 4.78 is 54.3. The predicted molar refractivity (Wildman–Crippen MR) is 114 cm³/mol. The van der Waals surface area contributed by atoms with E-state index in [4.69, 9.17) is 0 Å². The minimum Gasteiger partial charge on any atom is -0.353 e. The highest BCUT2D eigenvalue weighted by Crippen LogP contribution is 2.36. The smallest absolute Gasteiger partial charge is 0.353 e. The van der Waals surface area contributed by atoms with Crippen LogP contribution in [0.4, 0.5) is 23.5 Å². The SMILES string of the molecule is CN(C)CCNc1nccc(-c2c(-c3ccc(F)cc3)nn3cc(C(F)(F)F)ccc23)n1. The number of hydrogen-bond donors (Lipinski definition) is 1. The van der Waals surface area contributed by atoms with Crippen LogP contribution in [0, 0.1) is 5.82 Å². The van der Waals surface area contributed by atoms with Gasteiger partial charge in [-0.2, -0.15) is 18.3 Å². The van der Waals surface area contributed by atoms with Crippen LogP contribution < -0.4 is 5.32 Å². The molecule has 3 heterocycles. The van der Waals surface area contributed by atoms with Gasteiger partial charge in [-0.1, -0.05) is 0 Å². The molecule has 0 spiro atoms. The van der Waals surface area contributed by atoms with Crippen LogP contribution in [-0.2, 0) is 6.18 Å². The number of anilines is 1. The molecule has 0 fully saturated rings. The number of benzene rings is 1. The molecule has 0 unspecified atom stereocenters. The lowest BCUT2D eigenvalue weighted by atomic mass is 10.0. The van der Waals surface area contributed by atoms with Crippen LogP contribution in [-0.4, -0.2) is 51.7 Å².